The number of anilines is 1. The molecule has 1 aromatic carbocycles. The molecule has 0 radical (unpaired) electrons. The smallest absolute Gasteiger partial charge is 0.271 e. The predicted molar refractivity (Wildman–Crippen MR) is 99.7 cm³/mol. The number of nitro benzene ring substituents is 1. The maximum Gasteiger partial charge on any atom is 0.271 e. The van der Waals surface area contributed by atoms with Crippen molar-refractivity contribution >= 4 is 38.8 Å². The number of hydrogen-bond donors (Lipinski definition) is 1. The number of thiophene rings is 1. The predicted octanol–water partition coefficient (Wildman–Crippen LogP) is 3.01. The Labute approximate surface area is 152 Å². The van der Waals surface area contributed by atoms with Crippen LogP contribution in [-0.2, 0) is 11.3 Å². The topological polar surface area (TPSA) is 107 Å². The molecule has 0 aliphatic rings. The van der Waals surface area contributed by atoms with Crippen LogP contribution in [0.3, 0.4) is 0 Å². The lowest BCUT2D eigenvalue weighted by molar-refractivity contribution is -0.384. The van der Waals surface area contributed by atoms with Gasteiger partial charge in [0.1, 0.15) is 4.83 Å². The molecular weight excluding hydrogens is 356 g/mol. The summed E-state index contributed by atoms with van der Waals surface area (Å²) >= 11 is 1.47. The van der Waals surface area contributed by atoms with E-state index in [4.69, 9.17) is 0 Å². The SMILES string of the molecule is Cc1sc2ncn(CCC(=O)Nc3cccc([N+](=O)[O-])c3)c(=O)c2c1C. The second-order valence-corrected chi connectivity index (χ2v) is 7.02. The van der Waals surface area contributed by atoms with E-state index >= 15 is 0 Å². The number of rotatable bonds is 5. The number of carbonyl (C=O) groups is 1. The lowest BCUT2D eigenvalue weighted by atomic mass is 10.2. The van der Waals surface area contributed by atoms with E-state index in [1.807, 2.05) is 13.8 Å². The fourth-order valence-electron chi connectivity index (χ4n) is 2.57. The number of amides is 1. The molecule has 0 unspecified atom stereocenters. The third-order valence-corrected chi connectivity index (χ3v) is 5.19. The molecule has 3 rings (SSSR count). The van der Waals surface area contributed by atoms with Crippen LogP contribution in [0.5, 0.6) is 0 Å². The molecule has 26 heavy (non-hydrogen) atoms. The summed E-state index contributed by atoms with van der Waals surface area (Å²) in [6, 6.07) is 5.70. The first-order chi connectivity index (χ1) is 12.4. The molecule has 0 fully saturated rings. The van der Waals surface area contributed by atoms with Gasteiger partial charge in [0.25, 0.3) is 11.2 Å². The van der Waals surface area contributed by atoms with Gasteiger partial charge in [0.05, 0.1) is 16.6 Å². The molecule has 0 saturated heterocycles. The number of carbonyl (C=O) groups excluding carboxylic acids is 1. The second kappa shape index (κ2) is 7.04. The first-order valence-electron chi connectivity index (χ1n) is 7.86. The summed E-state index contributed by atoms with van der Waals surface area (Å²) in [4.78, 5) is 41.0. The fourth-order valence-corrected chi connectivity index (χ4v) is 3.56. The average Bonchev–Trinajstić information content (AvgIpc) is 2.89. The van der Waals surface area contributed by atoms with Crippen molar-refractivity contribution < 1.29 is 9.72 Å². The highest BCUT2D eigenvalue weighted by Gasteiger charge is 2.13. The molecule has 0 atom stereocenters. The Bertz CT molecular complexity index is 1070. The molecule has 9 heteroatoms. The van der Waals surface area contributed by atoms with Crippen LogP contribution in [0.4, 0.5) is 11.4 Å². The number of nitrogens with one attached hydrogen (secondary N) is 1. The number of fused-ring (bicyclic) bond motifs is 1. The third-order valence-electron chi connectivity index (χ3n) is 4.08. The third kappa shape index (κ3) is 3.47. The molecule has 3 aromatic rings. The van der Waals surface area contributed by atoms with Crippen LogP contribution >= 0.6 is 11.3 Å². The average molecular weight is 372 g/mol. The van der Waals surface area contributed by atoms with Gasteiger partial charge in [-0.3, -0.25) is 24.3 Å². The van der Waals surface area contributed by atoms with Crippen LogP contribution in [0.1, 0.15) is 16.9 Å². The maximum atomic E-state index is 12.6. The second-order valence-electron chi connectivity index (χ2n) is 5.81. The quantitative estimate of drug-likeness (QED) is 0.547. The Kier molecular flexibility index (Phi) is 4.81. The summed E-state index contributed by atoms with van der Waals surface area (Å²) in [6.07, 6.45) is 1.50. The lowest BCUT2D eigenvalue weighted by Gasteiger charge is -2.07. The zero-order chi connectivity index (χ0) is 18.8. The van der Waals surface area contributed by atoms with Gasteiger partial charge in [-0.1, -0.05) is 6.07 Å². The summed E-state index contributed by atoms with van der Waals surface area (Å²) in [6.45, 7) is 4.01. The fraction of sp³-hybridized carbons (Fsp3) is 0.235. The first-order valence-corrected chi connectivity index (χ1v) is 8.68. The van der Waals surface area contributed by atoms with Gasteiger partial charge in [-0.2, -0.15) is 0 Å². The Balaban J connectivity index is 1.72. The molecule has 134 valence electrons. The lowest BCUT2D eigenvalue weighted by Crippen LogP contribution is -2.23. The summed E-state index contributed by atoms with van der Waals surface area (Å²) in [5.74, 6) is -0.337. The van der Waals surface area contributed by atoms with Crippen molar-refractivity contribution in [1.29, 1.82) is 0 Å². The molecule has 0 aliphatic heterocycles. The zero-order valence-corrected chi connectivity index (χ0v) is 15.0. The Hall–Kier alpha value is -3.07. The minimum Gasteiger partial charge on any atom is -0.326 e. The number of non-ortho nitro benzene ring substituents is 1. The van der Waals surface area contributed by atoms with Crippen molar-refractivity contribution in [3.63, 3.8) is 0 Å². The van der Waals surface area contributed by atoms with Crippen molar-refractivity contribution in [2.75, 3.05) is 5.32 Å². The van der Waals surface area contributed by atoms with Crippen molar-refractivity contribution in [2.45, 2.75) is 26.8 Å². The van der Waals surface area contributed by atoms with Crippen LogP contribution in [0.25, 0.3) is 10.2 Å². The maximum absolute atomic E-state index is 12.6. The van der Waals surface area contributed by atoms with Crippen molar-refractivity contribution in [1.82, 2.24) is 9.55 Å². The van der Waals surface area contributed by atoms with Gasteiger partial charge in [-0.15, -0.1) is 11.3 Å². The van der Waals surface area contributed by atoms with E-state index in [1.54, 1.807) is 6.07 Å². The highest BCUT2D eigenvalue weighted by Crippen LogP contribution is 2.25. The number of nitro groups is 1. The molecule has 2 aromatic heterocycles. The zero-order valence-electron chi connectivity index (χ0n) is 14.2. The monoisotopic (exact) mass is 372 g/mol. The molecule has 0 spiro atoms. The Morgan fingerprint density at radius 2 is 2.15 bits per heavy atom. The summed E-state index contributed by atoms with van der Waals surface area (Å²) in [5.41, 5.74) is 0.990. The van der Waals surface area contributed by atoms with Crippen molar-refractivity contribution in [3.05, 3.63) is 61.5 Å². The number of benzene rings is 1. The Morgan fingerprint density at radius 1 is 1.38 bits per heavy atom. The molecule has 8 nitrogen and oxygen atoms in total. The van der Waals surface area contributed by atoms with Crippen LogP contribution in [0.15, 0.2) is 35.4 Å². The van der Waals surface area contributed by atoms with Gasteiger partial charge < -0.3 is 5.32 Å². The molecule has 1 N–H and O–H groups in total. The highest BCUT2D eigenvalue weighted by molar-refractivity contribution is 7.18. The van der Waals surface area contributed by atoms with Crippen molar-refractivity contribution in [3.8, 4) is 0 Å². The van der Waals surface area contributed by atoms with Gasteiger partial charge in [-0.25, -0.2) is 4.98 Å². The molecule has 2 heterocycles. The number of aryl methyl sites for hydroxylation is 3. The number of nitrogens with zero attached hydrogens (tertiary/aromatic N) is 3. The summed E-state index contributed by atoms with van der Waals surface area (Å²) in [5, 5.41) is 14.0. The molecule has 0 bridgehead atoms. The molecule has 0 saturated carbocycles. The number of aromatic nitrogens is 2. The van der Waals surface area contributed by atoms with Crippen LogP contribution in [0.2, 0.25) is 0 Å². The van der Waals surface area contributed by atoms with Gasteiger partial charge in [0.2, 0.25) is 5.91 Å². The summed E-state index contributed by atoms with van der Waals surface area (Å²) in [7, 11) is 0. The highest BCUT2D eigenvalue weighted by atomic mass is 32.1. The van der Waals surface area contributed by atoms with E-state index in [9.17, 15) is 19.7 Å². The molecule has 1 amide bonds. The van der Waals surface area contributed by atoms with Crippen LogP contribution < -0.4 is 10.9 Å². The molecular formula is C17H16N4O4S. The van der Waals surface area contributed by atoms with Crippen LogP contribution in [-0.4, -0.2) is 20.4 Å². The van der Waals surface area contributed by atoms with E-state index in [0.717, 1.165) is 10.4 Å². The van der Waals surface area contributed by atoms with Crippen molar-refractivity contribution in [2.24, 2.45) is 0 Å². The van der Waals surface area contributed by atoms with E-state index in [2.05, 4.69) is 10.3 Å². The molecule has 0 aliphatic carbocycles. The minimum absolute atomic E-state index is 0.0535. The summed E-state index contributed by atoms with van der Waals surface area (Å²) < 4.78 is 1.41. The van der Waals surface area contributed by atoms with E-state index in [1.165, 1.54) is 40.4 Å². The standard InChI is InChI=1S/C17H16N4O4S/c1-10-11(2)26-16-15(10)17(23)20(9-18-16)7-6-14(22)19-12-4-3-5-13(8-12)21(24)25/h3-5,8-9H,6-7H2,1-2H3,(H,19,22). The van der Waals surface area contributed by atoms with E-state index in [0.29, 0.717) is 15.9 Å². The minimum atomic E-state index is -0.527. The van der Waals surface area contributed by atoms with Gasteiger partial charge in [-0.05, 0) is 25.5 Å². The van der Waals surface area contributed by atoms with Gasteiger partial charge >= 0.3 is 0 Å². The Morgan fingerprint density at radius 3 is 2.88 bits per heavy atom. The van der Waals surface area contributed by atoms with Crippen LogP contribution in [0, 0.1) is 24.0 Å². The number of hydrogen-bond acceptors (Lipinski definition) is 6. The van der Waals surface area contributed by atoms with E-state index in [-0.39, 0.29) is 30.1 Å². The largest absolute Gasteiger partial charge is 0.326 e. The van der Waals surface area contributed by atoms with E-state index < -0.39 is 4.92 Å². The normalized spacial score (nSPS) is 10.8. The van der Waals surface area contributed by atoms with Gasteiger partial charge in [0.15, 0.2) is 0 Å². The van der Waals surface area contributed by atoms with Gasteiger partial charge in [0, 0.05) is 35.7 Å². The first kappa shape index (κ1) is 17.7.